The summed E-state index contributed by atoms with van der Waals surface area (Å²) < 4.78 is 4.94. The van der Waals surface area contributed by atoms with Crippen molar-refractivity contribution in [2.45, 2.75) is 26.4 Å². The molecule has 120 valence electrons. The highest BCUT2D eigenvalue weighted by Gasteiger charge is 2.16. The number of aromatic carboxylic acids is 1. The van der Waals surface area contributed by atoms with Gasteiger partial charge >= 0.3 is 12.1 Å². The second kappa shape index (κ2) is 7.30. The van der Waals surface area contributed by atoms with E-state index in [1.807, 2.05) is 0 Å². The van der Waals surface area contributed by atoms with Crippen molar-refractivity contribution in [2.75, 3.05) is 11.9 Å². The number of amides is 2. The highest BCUT2D eigenvalue weighted by atomic mass is 16.6. The molecule has 1 aromatic carbocycles. The van der Waals surface area contributed by atoms with Gasteiger partial charge in [-0.2, -0.15) is 0 Å². The lowest BCUT2D eigenvalue weighted by molar-refractivity contribution is -0.120. The number of ether oxygens (including phenoxy) is 1. The van der Waals surface area contributed by atoms with E-state index in [1.165, 1.54) is 12.1 Å². The molecular formula is C14H19N3O5. The van der Waals surface area contributed by atoms with Gasteiger partial charge in [-0.15, -0.1) is 0 Å². The quantitative estimate of drug-likeness (QED) is 0.624. The monoisotopic (exact) mass is 309 g/mol. The zero-order valence-electron chi connectivity index (χ0n) is 12.6. The average molecular weight is 309 g/mol. The van der Waals surface area contributed by atoms with Gasteiger partial charge in [-0.1, -0.05) is 6.07 Å². The number of carboxylic acids is 1. The largest absolute Gasteiger partial charge is 0.478 e. The summed E-state index contributed by atoms with van der Waals surface area (Å²) in [4.78, 5) is 33.7. The van der Waals surface area contributed by atoms with Crippen LogP contribution in [-0.2, 0) is 9.53 Å². The van der Waals surface area contributed by atoms with Gasteiger partial charge in [0, 0.05) is 5.69 Å². The molecular weight excluding hydrogens is 290 g/mol. The van der Waals surface area contributed by atoms with E-state index in [9.17, 15) is 14.4 Å². The first-order valence-electron chi connectivity index (χ1n) is 6.52. The smallest absolute Gasteiger partial charge is 0.426 e. The van der Waals surface area contributed by atoms with E-state index in [0.29, 0.717) is 5.69 Å². The molecule has 22 heavy (non-hydrogen) atoms. The van der Waals surface area contributed by atoms with Crippen LogP contribution in [0.3, 0.4) is 0 Å². The molecule has 0 aliphatic heterocycles. The summed E-state index contributed by atoms with van der Waals surface area (Å²) in [6.07, 6.45) is -0.770. The Morgan fingerprint density at radius 3 is 2.45 bits per heavy atom. The van der Waals surface area contributed by atoms with Crippen LogP contribution in [0.25, 0.3) is 0 Å². The fraction of sp³-hybridized carbons (Fsp3) is 0.357. The first-order valence-corrected chi connectivity index (χ1v) is 6.52. The number of hydrogen-bond acceptors (Lipinski definition) is 5. The topological polar surface area (TPSA) is 117 Å². The van der Waals surface area contributed by atoms with Crippen LogP contribution in [-0.4, -0.2) is 35.2 Å². The molecule has 0 heterocycles. The Labute approximate surface area is 127 Å². The molecule has 8 nitrogen and oxygen atoms in total. The van der Waals surface area contributed by atoms with Gasteiger partial charge in [0.25, 0.3) is 5.91 Å². The number of benzene rings is 1. The van der Waals surface area contributed by atoms with E-state index in [0.717, 1.165) is 0 Å². The van der Waals surface area contributed by atoms with Crippen LogP contribution < -0.4 is 16.2 Å². The van der Waals surface area contributed by atoms with Crippen molar-refractivity contribution in [2.24, 2.45) is 0 Å². The summed E-state index contributed by atoms with van der Waals surface area (Å²) in [5.41, 5.74) is 4.21. The van der Waals surface area contributed by atoms with Crippen molar-refractivity contribution in [1.82, 2.24) is 10.9 Å². The highest BCUT2D eigenvalue weighted by molar-refractivity contribution is 5.89. The Hall–Kier alpha value is -2.77. The van der Waals surface area contributed by atoms with Crippen LogP contribution in [0.2, 0.25) is 0 Å². The number of carbonyl (C=O) groups is 3. The zero-order chi connectivity index (χ0) is 16.8. The molecule has 0 atom stereocenters. The van der Waals surface area contributed by atoms with Gasteiger partial charge < -0.3 is 15.2 Å². The first kappa shape index (κ1) is 17.3. The minimum Gasteiger partial charge on any atom is -0.478 e. The Balaban J connectivity index is 2.39. The van der Waals surface area contributed by atoms with E-state index >= 15 is 0 Å². The van der Waals surface area contributed by atoms with E-state index in [1.54, 1.807) is 32.9 Å². The Morgan fingerprint density at radius 2 is 1.86 bits per heavy atom. The molecule has 0 saturated heterocycles. The Morgan fingerprint density at radius 1 is 1.18 bits per heavy atom. The summed E-state index contributed by atoms with van der Waals surface area (Å²) >= 11 is 0. The maximum atomic E-state index is 11.5. The van der Waals surface area contributed by atoms with Crippen LogP contribution in [0, 0.1) is 0 Å². The fourth-order valence-electron chi connectivity index (χ4n) is 1.41. The first-order chi connectivity index (χ1) is 10.2. The summed E-state index contributed by atoms with van der Waals surface area (Å²) in [7, 11) is 0. The second-order valence-corrected chi connectivity index (χ2v) is 5.41. The normalized spacial score (nSPS) is 10.5. The maximum absolute atomic E-state index is 11.5. The molecule has 1 aromatic rings. The maximum Gasteiger partial charge on any atom is 0.426 e. The third-order valence-corrected chi connectivity index (χ3v) is 2.27. The SMILES string of the molecule is CC(C)(C)OC(=O)NNC(=O)CNc1cccc(C(=O)O)c1. The Kier molecular flexibility index (Phi) is 5.73. The van der Waals surface area contributed by atoms with E-state index < -0.39 is 23.6 Å². The Bertz CT molecular complexity index is 566. The van der Waals surface area contributed by atoms with Crippen molar-refractivity contribution < 1.29 is 24.2 Å². The summed E-state index contributed by atoms with van der Waals surface area (Å²) in [5, 5.41) is 11.6. The molecule has 0 aromatic heterocycles. The van der Waals surface area contributed by atoms with Crippen LogP contribution >= 0.6 is 0 Å². The third kappa shape index (κ3) is 6.60. The number of carboxylic acid groups (broad SMARTS) is 1. The number of carbonyl (C=O) groups excluding carboxylic acids is 2. The predicted octanol–water partition coefficient (Wildman–Crippen LogP) is 1.35. The number of hydrazine groups is 1. The minimum absolute atomic E-state index is 0.109. The summed E-state index contributed by atoms with van der Waals surface area (Å²) in [5.74, 6) is -1.56. The third-order valence-electron chi connectivity index (χ3n) is 2.27. The number of rotatable bonds is 4. The molecule has 0 bridgehead atoms. The summed E-state index contributed by atoms with van der Waals surface area (Å²) in [6.45, 7) is 4.96. The van der Waals surface area contributed by atoms with Crippen molar-refractivity contribution in [3.8, 4) is 0 Å². The molecule has 0 aliphatic carbocycles. The predicted molar refractivity (Wildman–Crippen MR) is 79.4 cm³/mol. The molecule has 2 amide bonds. The minimum atomic E-state index is -1.06. The lowest BCUT2D eigenvalue weighted by Crippen LogP contribution is -2.46. The summed E-state index contributed by atoms with van der Waals surface area (Å²) in [6, 6.07) is 6.03. The van der Waals surface area contributed by atoms with Crippen molar-refractivity contribution >= 4 is 23.7 Å². The molecule has 0 radical (unpaired) electrons. The zero-order valence-corrected chi connectivity index (χ0v) is 12.6. The van der Waals surface area contributed by atoms with Gasteiger partial charge in [0.1, 0.15) is 5.60 Å². The van der Waals surface area contributed by atoms with Crippen molar-refractivity contribution in [1.29, 1.82) is 0 Å². The van der Waals surface area contributed by atoms with Gasteiger partial charge in [-0.05, 0) is 39.0 Å². The van der Waals surface area contributed by atoms with Crippen LogP contribution in [0.4, 0.5) is 10.5 Å². The van der Waals surface area contributed by atoms with Gasteiger partial charge in [0.2, 0.25) is 0 Å². The second-order valence-electron chi connectivity index (χ2n) is 5.41. The van der Waals surface area contributed by atoms with Gasteiger partial charge in [-0.25, -0.2) is 15.0 Å². The lowest BCUT2D eigenvalue weighted by Gasteiger charge is -2.19. The number of anilines is 1. The number of hydrogen-bond donors (Lipinski definition) is 4. The fourth-order valence-corrected chi connectivity index (χ4v) is 1.41. The lowest BCUT2D eigenvalue weighted by atomic mass is 10.2. The van der Waals surface area contributed by atoms with Crippen LogP contribution in [0.15, 0.2) is 24.3 Å². The molecule has 0 fully saturated rings. The van der Waals surface area contributed by atoms with E-state index in [-0.39, 0.29) is 12.1 Å². The molecule has 0 aliphatic rings. The highest BCUT2D eigenvalue weighted by Crippen LogP contribution is 2.10. The van der Waals surface area contributed by atoms with Gasteiger partial charge in [0.05, 0.1) is 12.1 Å². The van der Waals surface area contributed by atoms with Crippen LogP contribution in [0.5, 0.6) is 0 Å². The van der Waals surface area contributed by atoms with Crippen molar-refractivity contribution in [3.63, 3.8) is 0 Å². The van der Waals surface area contributed by atoms with Gasteiger partial charge in [0.15, 0.2) is 0 Å². The standard InChI is InChI=1S/C14H19N3O5/c1-14(2,3)22-13(21)17-16-11(18)8-15-10-6-4-5-9(7-10)12(19)20/h4-7,15H,8H2,1-3H3,(H,16,18)(H,17,21)(H,19,20). The molecule has 0 spiro atoms. The molecule has 0 unspecified atom stereocenters. The van der Waals surface area contributed by atoms with Crippen LogP contribution in [0.1, 0.15) is 31.1 Å². The average Bonchev–Trinajstić information content (AvgIpc) is 2.41. The molecule has 1 rings (SSSR count). The van der Waals surface area contributed by atoms with E-state index in [4.69, 9.17) is 9.84 Å². The van der Waals surface area contributed by atoms with E-state index in [2.05, 4.69) is 16.2 Å². The van der Waals surface area contributed by atoms with Crippen molar-refractivity contribution in [3.05, 3.63) is 29.8 Å². The molecule has 4 N–H and O–H groups in total. The molecule has 8 heteroatoms. The van der Waals surface area contributed by atoms with Gasteiger partial charge in [-0.3, -0.25) is 10.2 Å². The number of nitrogens with one attached hydrogen (secondary N) is 3. The molecule has 0 saturated carbocycles.